The molecule has 1 aromatic carbocycles. The van der Waals surface area contributed by atoms with Crippen LogP contribution in [0.1, 0.15) is 31.0 Å². The average molecular weight is 217 g/mol. The highest BCUT2D eigenvalue weighted by Gasteiger charge is 2.12. The first-order chi connectivity index (χ1) is 7.58. The summed E-state index contributed by atoms with van der Waals surface area (Å²) in [6.07, 6.45) is 5.35. The quantitative estimate of drug-likeness (QED) is 0.783. The van der Waals surface area contributed by atoms with Gasteiger partial charge in [0.1, 0.15) is 5.75 Å². The lowest BCUT2D eigenvalue weighted by atomic mass is 10.0. The lowest BCUT2D eigenvalue weighted by molar-refractivity contribution is 0.400. The zero-order valence-corrected chi connectivity index (χ0v) is 10.4. The third kappa shape index (κ3) is 3.01. The predicted octanol–water partition coefficient (Wildman–Crippen LogP) is 2.68. The molecule has 0 bridgehead atoms. The first kappa shape index (κ1) is 12.6. The van der Waals surface area contributed by atoms with Crippen LogP contribution in [0.5, 0.6) is 5.75 Å². The first-order valence-corrected chi connectivity index (χ1v) is 5.45. The molecule has 2 nitrogen and oxygen atoms in total. The third-order valence-corrected chi connectivity index (χ3v) is 2.61. The molecule has 2 heteroatoms. The van der Waals surface area contributed by atoms with Gasteiger partial charge in [0, 0.05) is 11.6 Å². The van der Waals surface area contributed by atoms with Crippen molar-refractivity contribution in [1.29, 1.82) is 0 Å². The van der Waals surface area contributed by atoms with Crippen LogP contribution in [0.25, 0.3) is 0 Å². The van der Waals surface area contributed by atoms with Crippen molar-refractivity contribution in [3.8, 4) is 18.1 Å². The molecule has 0 aromatic heterocycles. The number of ether oxygens (including phenoxy) is 1. The van der Waals surface area contributed by atoms with Crippen LogP contribution in [0, 0.1) is 19.3 Å². The van der Waals surface area contributed by atoms with Gasteiger partial charge in [0.15, 0.2) is 0 Å². The maximum absolute atomic E-state index is 5.37. The van der Waals surface area contributed by atoms with Crippen LogP contribution in [-0.2, 0) is 0 Å². The van der Waals surface area contributed by atoms with E-state index in [1.54, 1.807) is 7.11 Å². The van der Waals surface area contributed by atoms with Gasteiger partial charge in [0.05, 0.1) is 13.2 Å². The molecule has 0 aliphatic heterocycles. The fourth-order valence-electron chi connectivity index (χ4n) is 1.69. The minimum Gasteiger partial charge on any atom is -0.496 e. The zero-order chi connectivity index (χ0) is 12.1. The Hall–Kier alpha value is -1.46. The SMILES string of the molecule is C#CC(C)NC(C)c1ccc(C)cc1OC. The summed E-state index contributed by atoms with van der Waals surface area (Å²) in [5.41, 5.74) is 2.33. The summed E-state index contributed by atoms with van der Waals surface area (Å²) in [4.78, 5) is 0. The number of nitrogens with one attached hydrogen (secondary N) is 1. The molecule has 1 aromatic rings. The Labute approximate surface area is 98.0 Å². The Kier molecular flexibility index (Phi) is 4.39. The number of aryl methyl sites for hydroxylation is 1. The molecule has 0 aliphatic rings. The highest BCUT2D eigenvalue weighted by atomic mass is 16.5. The van der Waals surface area contributed by atoms with Crippen molar-refractivity contribution in [3.63, 3.8) is 0 Å². The van der Waals surface area contributed by atoms with Gasteiger partial charge in [-0.25, -0.2) is 0 Å². The summed E-state index contributed by atoms with van der Waals surface area (Å²) in [6.45, 7) is 6.10. The van der Waals surface area contributed by atoms with Gasteiger partial charge in [0.25, 0.3) is 0 Å². The van der Waals surface area contributed by atoms with E-state index in [4.69, 9.17) is 11.2 Å². The zero-order valence-electron chi connectivity index (χ0n) is 10.4. The fraction of sp³-hybridized carbons (Fsp3) is 0.429. The largest absolute Gasteiger partial charge is 0.496 e. The Morgan fingerprint density at radius 3 is 2.62 bits per heavy atom. The molecule has 2 atom stereocenters. The monoisotopic (exact) mass is 217 g/mol. The van der Waals surface area contributed by atoms with E-state index in [0.717, 1.165) is 11.3 Å². The van der Waals surface area contributed by atoms with Crippen LogP contribution in [0.15, 0.2) is 18.2 Å². The fourth-order valence-corrected chi connectivity index (χ4v) is 1.69. The predicted molar refractivity (Wildman–Crippen MR) is 67.6 cm³/mol. The minimum absolute atomic E-state index is 0.0565. The van der Waals surface area contributed by atoms with E-state index in [-0.39, 0.29) is 12.1 Å². The molecule has 86 valence electrons. The van der Waals surface area contributed by atoms with Gasteiger partial charge < -0.3 is 4.74 Å². The van der Waals surface area contributed by atoms with Crippen molar-refractivity contribution in [3.05, 3.63) is 29.3 Å². The number of rotatable bonds is 4. The molecule has 0 saturated carbocycles. The van der Waals surface area contributed by atoms with Gasteiger partial charge >= 0.3 is 0 Å². The van der Waals surface area contributed by atoms with E-state index in [1.807, 2.05) is 13.0 Å². The van der Waals surface area contributed by atoms with Gasteiger partial charge in [-0.15, -0.1) is 6.42 Å². The number of hydrogen-bond donors (Lipinski definition) is 1. The van der Waals surface area contributed by atoms with Crippen molar-refractivity contribution in [2.24, 2.45) is 0 Å². The molecular weight excluding hydrogens is 198 g/mol. The maximum Gasteiger partial charge on any atom is 0.123 e. The van der Waals surface area contributed by atoms with Crippen LogP contribution in [0.3, 0.4) is 0 Å². The standard InChI is InChI=1S/C14H19NO/c1-6-11(3)15-12(4)13-8-7-10(2)9-14(13)16-5/h1,7-9,11-12,15H,2-5H3. The minimum atomic E-state index is 0.0565. The summed E-state index contributed by atoms with van der Waals surface area (Å²) in [5.74, 6) is 3.57. The smallest absolute Gasteiger partial charge is 0.123 e. The second-order valence-corrected chi connectivity index (χ2v) is 4.02. The second kappa shape index (κ2) is 5.58. The Morgan fingerprint density at radius 1 is 1.38 bits per heavy atom. The van der Waals surface area contributed by atoms with E-state index < -0.39 is 0 Å². The highest BCUT2D eigenvalue weighted by molar-refractivity contribution is 5.39. The number of methoxy groups -OCH3 is 1. The summed E-state index contributed by atoms with van der Waals surface area (Å²) in [5, 5.41) is 3.32. The molecule has 0 aliphatic carbocycles. The molecule has 0 radical (unpaired) electrons. The summed E-state index contributed by atoms with van der Waals surface area (Å²) >= 11 is 0. The number of benzene rings is 1. The van der Waals surface area contributed by atoms with Crippen LogP contribution in [-0.4, -0.2) is 13.2 Å². The molecule has 0 spiro atoms. The molecule has 16 heavy (non-hydrogen) atoms. The summed E-state index contributed by atoms with van der Waals surface area (Å²) < 4.78 is 5.37. The second-order valence-electron chi connectivity index (χ2n) is 4.02. The van der Waals surface area contributed by atoms with Crippen LogP contribution in [0.2, 0.25) is 0 Å². The van der Waals surface area contributed by atoms with Gasteiger partial charge in [0.2, 0.25) is 0 Å². The maximum atomic E-state index is 5.37. The molecule has 0 saturated heterocycles. The van der Waals surface area contributed by atoms with Crippen molar-refractivity contribution in [2.45, 2.75) is 32.9 Å². The molecule has 0 amide bonds. The van der Waals surface area contributed by atoms with Gasteiger partial charge in [-0.2, -0.15) is 0 Å². The molecule has 2 unspecified atom stereocenters. The topological polar surface area (TPSA) is 21.3 Å². The van der Waals surface area contributed by atoms with Gasteiger partial charge in [-0.3, -0.25) is 5.32 Å². The van der Waals surface area contributed by atoms with Crippen molar-refractivity contribution >= 4 is 0 Å². The molecule has 0 heterocycles. The normalized spacial score (nSPS) is 13.9. The van der Waals surface area contributed by atoms with E-state index in [9.17, 15) is 0 Å². The van der Waals surface area contributed by atoms with E-state index >= 15 is 0 Å². The number of terminal acetylenes is 1. The van der Waals surface area contributed by atoms with Crippen LogP contribution < -0.4 is 10.1 Å². The van der Waals surface area contributed by atoms with Crippen molar-refractivity contribution in [2.75, 3.05) is 7.11 Å². The van der Waals surface area contributed by atoms with Crippen LogP contribution in [0.4, 0.5) is 0 Å². The Morgan fingerprint density at radius 2 is 2.06 bits per heavy atom. The summed E-state index contributed by atoms with van der Waals surface area (Å²) in [7, 11) is 1.69. The molecule has 0 fully saturated rings. The lowest BCUT2D eigenvalue weighted by Crippen LogP contribution is -2.27. The van der Waals surface area contributed by atoms with Gasteiger partial charge in [-0.1, -0.05) is 18.1 Å². The molecular formula is C14H19NO. The lowest BCUT2D eigenvalue weighted by Gasteiger charge is -2.19. The Balaban J connectivity index is 2.91. The van der Waals surface area contributed by atoms with Crippen LogP contribution >= 0.6 is 0 Å². The van der Waals surface area contributed by atoms with E-state index in [1.165, 1.54) is 5.56 Å². The van der Waals surface area contributed by atoms with Crippen molar-refractivity contribution in [1.82, 2.24) is 5.32 Å². The molecule has 1 rings (SSSR count). The van der Waals surface area contributed by atoms with E-state index in [2.05, 4.69) is 37.2 Å². The highest BCUT2D eigenvalue weighted by Crippen LogP contribution is 2.26. The van der Waals surface area contributed by atoms with Gasteiger partial charge in [-0.05, 0) is 32.4 Å². The van der Waals surface area contributed by atoms with E-state index in [0.29, 0.717) is 0 Å². The Bertz CT molecular complexity index is 392. The first-order valence-electron chi connectivity index (χ1n) is 5.45. The third-order valence-electron chi connectivity index (χ3n) is 2.61. The molecule has 1 N–H and O–H groups in total. The number of hydrogen-bond acceptors (Lipinski definition) is 2. The van der Waals surface area contributed by atoms with Crippen molar-refractivity contribution < 1.29 is 4.74 Å². The summed E-state index contributed by atoms with van der Waals surface area (Å²) in [6, 6.07) is 6.43. The average Bonchev–Trinajstić information content (AvgIpc) is 2.28.